The number of aromatic nitrogens is 4. The third-order valence-corrected chi connectivity index (χ3v) is 4.69. The van der Waals surface area contributed by atoms with Crippen LogP contribution in [-0.4, -0.2) is 43.5 Å². The van der Waals surface area contributed by atoms with Gasteiger partial charge < -0.3 is 0 Å². The molecule has 0 saturated heterocycles. The molecule has 12 heteroatoms. The highest BCUT2D eigenvalue weighted by molar-refractivity contribution is 5.83. The van der Waals surface area contributed by atoms with Gasteiger partial charge in [-0.05, 0) is 12.8 Å². The van der Waals surface area contributed by atoms with E-state index in [-0.39, 0.29) is 24.4 Å². The van der Waals surface area contributed by atoms with Crippen molar-refractivity contribution < 1.29 is 35.9 Å². The molecule has 0 N–H and O–H groups in total. The lowest BCUT2D eigenvalue weighted by Gasteiger charge is -2.14. The summed E-state index contributed by atoms with van der Waals surface area (Å²) in [7, 11) is 0. The number of Topliss-reactive ketones (excluding diaryl/α,β-unsaturated/α-hetero) is 2. The number of nitrogens with zero attached hydrogens (tertiary/aromatic N) is 4. The van der Waals surface area contributed by atoms with Crippen molar-refractivity contribution in [2.45, 2.75) is 64.0 Å². The smallest absolute Gasteiger partial charge is 0.299 e. The normalized spacial score (nSPS) is 16.6. The van der Waals surface area contributed by atoms with E-state index in [1.54, 1.807) is 0 Å². The molecule has 0 atom stereocenters. The van der Waals surface area contributed by atoms with Crippen LogP contribution < -0.4 is 0 Å². The summed E-state index contributed by atoms with van der Waals surface area (Å²) in [5, 5.41) is 7.48. The van der Waals surface area contributed by atoms with Crippen LogP contribution in [0.5, 0.6) is 0 Å². The number of carbonyl (C=O) groups is 2. The van der Waals surface area contributed by atoms with Crippen molar-refractivity contribution in [3.63, 3.8) is 0 Å². The highest BCUT2D eigenvalue weighted by atomic mass is 19.4. The van der Waals surface area contributed by atoms with E-state index in [9.17, 15) is 35.9 Å². The van der Waals surface area contributed by atoms with Crippen LogP contribution >= 0.6 is 0 Å². The number of ketones is 2. The molecule has 0 spiro atoms. The van der Waals surface area contributed by atoms with E-state index in [1.165, 1.54) is 12.4 Å². The molecule has 0 unspecified atom stereocenters. The van der Waals surface area contributed by atoms with Crippen molar-refractivity contribution in [2.24, 2.45) is 0 Å². The number of hydrogen-bond acceptors (Lipinski definition) is 4. The molecule has 0 aliphatic heterocycles. The van der Waals surface area contributed by atoms with Crippen molar-refractivity contribution in [3.8, 4) is 0 Å². The lowest BCUT2D eigenvalue weighted by atomic mass is 9.97. The first kappa shape index (κ1) is 22.0. The molecule has 2 aromatic rings. The van der Waals surface area contributed by atoms with E-state index in [0.717, 1.165) is 9.36 Å². The van der Waals surface area contributed by atoms with Gasteiger partial charge in [-0.1, -0.05) is 0 Å². The molecule has 30 heavy (non-hydrogen) atoms. The third-order valence-electron chi connectivity index (χ3n) is 4.69. The summed E-state index contributed by atoms with van der Waals surface area (Å²) in [6.45, 7) is -2.16. The average molecular weight is 436 g/mol. The second-order valence-corrected chi connectivity index (χ2v) is 7.23. The van der Waals surface area contributed by atoms with Gasteiger partial charge in [0, 0.05) is 48.7 Å². The Bertz CT molecular complexity index is 934. The molecule has 2 aliphatic carbocycles. The topological polar surface area (TPSA) is 69.8 Å². The van der Waals surface area contributed by atoms with Crippen molar-refractivity contribution in [3.05, 3.63) is 34.9 Å². The largest absolute Gasteiger partial charge is 0.408 e. The molecule has 0 fully saturated rings. The quantitative estimate of drug-likeness (QED) is 0.679. The Morgan fingerprint density at radius 3 is 2.07 bits per heavy atom. The van der Waals surface area contributed by atoms with E-state index < -0.39 is 25.4 Å². The van der Waals surface area contributed by atoms with E-state index in [0.29, 0.717) is 48.2 Å². The number of alkyl halides is 6. The Labute approximate surface area is 166 Å². The molecule has 2 aliphatic rings. The fourth-order valence-electron chi connectivity index (χ4n) is 3.44. The van der Waals surface area contributed by atoms with Gasteiger partial charge in [0.1, 0.15) is 24.7 Å². The van der Waals surface area contributed by atoms with Crippen molar-refractivity contribution in [1.82, 2.24) is 19.6 Å². The minimum atomic E-state index is -4.27. The highest BCUT2D eigenvalue weighted by Gasteiger charge is 2.31. The Hall–Kier alpha value is -2.66. The van der Waals surface area contributed by atoms with E-state index in [1.807, 2.05) is 0 Å². The standard InChI is InChI=1S/2C9H9F3N2O/c10-9(11,12)5-14-4-6-3-7(15)1-2-8(6)13-14;10-9(11,12)5-14-8-2-1-7(15)3-6(8)4-13-14/h2*4H,1-3,5H2. The summed E-state index contributed by atoms with van der Waals surface area (Å²) in [5.74, 6) is 0.128. The van der Waals surface area contributed by atoms with Crippen molar-refractivity contribution in [1.29, 1.82) is 0 Å². The summed E-state index contributed by atoms with van der Waals surface area (Å²) in [4.78, 5) is 22.1. The highest BCUT2D eigenvalue weighted by Crippen LogP contribution is 2.24. The van der Waals surface area contributed by atoms with Gasteiger partial charge in [-0.15, -0.1) is 0 Å². The van der Waals surface area contributed by atoms with Crippen LogP contribution in [0.4, 0.5) is 26.3 Å². The zero-order chi connectivity index (χ0) is 22.1. The predicted molar refractivity (Wildman–Crippen MR) is 90.6 cm³/mol. The summed E-state index contributed by atoms with van der Waals surface area (Å²) in [6.07, 6.45) is -3.89. The molecular formula is C18H18F6N4O2. The minimum Gasteiger partial charge on any atom is -0.299 e. The number of aryl methyl sites for hydroxylation is 1. The second kappa shape index (κ2) is 8.23. The molecule has 2 aromatic heterocycles. The molecule has 0 saturated carbocycles. The number of hydrogen-bond donors (Lipinski definition) is 0. The summed E-state index contributed by atoms with van der Waals surface area (Å²) >= 11 is 0. The average Bonchev–Trinajstić information content (AvgIpc) is 3.15. The van der Waals surface area contributed by atoms with Gasteiger partial charge in [0.15, 0.2) is 0 Å². The SMILES string of the molecule is O=C1CCc2c(cnn2CC(F)(F)F)C1.O=C1CCc2nn(CC(F)(F)F)cc2C1. The second-order valence-electron chi connectivity index (χ2n) is 7.23. The first-order valence-corrected chi connectivity index (χ1v) is 9.15. The zero-order valence-electron chi connectivity index (χ0n) is 15.7. The minimum absolute atomic E-state index is 0.0639. The number of halogens is 6. The maximum absolute atomic E-state index is 12.1. The molecule has 164 valence electrons. The maximum atomic E-state index is 12.1. The molecule has 0 bridgehead atoms. The Morgan fingerprint density at radius 2 is 1.43 bits per heavy atom. The van der Waals surface area contributed by atoms with Gasteiger partial charge in [-0.2, -0.15) is 36.5 Å². The maximum Gasteiger partial charge on any atom is 0.408 e. The summed E-state index contributed by atoms with van der Waals surface area (Å²) in [5.41, 5.74) is 2.44. The fraction of sp³-hybridized carbons (Fsp3) is 0.556. The molecule has 6 nitrogen and oxygen atoms in total. The monoisotopic (exact) mass is 436 g/mol. The van der Waals surface area contributed by atoms with Gasteiger partial charge in [0.05, 0.1) is 11.9 Å². The van der Waals surface area contributed by atoms with Gasteiger partial charge in [0.25, 0.3) is 0 Å². The van der Waals surface area contributed by atoms with Gasteiger partial charge in [-0.25, -0.2) is 0 Å². The number of rotatable bonds is 2. The molecule has 4 rings (SSSR count). The first-order chi connectivity index (χ1) is 13.9. The van der Waals surface area contributed by atoms with Crippen LogP contribution in [0.25, 0.3) is 0 Å². The van der Waals surface area contributed by atoms with Crippen LogP contribution in [0, 0.1) is 0 Å². The molecule has 0 amide bonds. The summed E-state index contributed by atoms with van der Waals surface area (Å²) < 4.78 is 74.4. The van der Waals surface area contributed by atoms with Crippen LogP contribution in [0.3, 0.4) is 0 Å². The lowest BCUT2D eigenvalue weighted by Crippen LogP contribution is -2.22. The Morgan fingerprint density at radius 1 is 0.833 bits per heavy atom. The number of fused-ring (bicyclic) bond motifs is 2. The third kappa shape index (κ3) is 5.92. The van der Waals surface area contributed by atoms with E-state index in [2.05, 4.69) is 10.2 Å². The van der Waals surface area contributed by atoms with Crippen LogP contribution in [0.1, 0.15) is 35.4 Å². The molecule has 2 heterocycles. The van der Waals surface area contributed by atoms with Crippen LogP contribution in [-0.2, 0) is 48.4 Å². The first-order valence-electron chi connectivity index (χ1n) is 9.15. The Balaban J connectivity index is 0.000000171. The fourth-order valence-corrected chi connectivity index (χ4v) is 3.44. The summed E-state index contributed by atoms with van der Waals surface area (Å²) in [6, 6.07) is 0. The Kier molecular flexibility index (Phi) is 6.04. The van der Waals surface area contributed by atoms with E-state index in [4.69, 9.17) is 0 Å². The zero-order valence-corrected chi connectivity index (χ0v) is 15.7. The van der Waals surface area contributed by atoms with Crippen molar-refractivity contribution in [2.75, 3.05) is 0 Å². The number of carbonyl (C=O) groups excluding carboxylic acids is 2. The molecule has 0 radical (unpaired) electrons. The van der Waals surface area contributed by atoms with Gasteiger partial charge in [-0.3, -0.25) is 19.0 Å². The van der Waals surface area contributed by atoms with Crippen molar-refractivity contribution >= 4 is 11.6 Å². The predicted octanol–water partition coefficient (Wildman–Crippen LogP) is 3.01. The van der Waals surface area contributed by atoms with E-state index >= 15 is 0 Å². The molecular weight excluding hydrogens is 418 g/mol. The van der Waals surface area contributed by atoms with Crippen LogP contribution in [0.2, 0.25) is 0 Å². The van der Waals surface area contributed by atoms with Crippen LogP contribution in [0.15, 0.2) is 12.4 Å². The van der Waals surface area contributed by atoms with Gasteiger partial charge >= 0.3 is 12.4 Å². The van der Waals surface area contributed by atoms with Gasteiger partial charge in [0.2, 0.25) is 0 Å². The lowest BCUT2D eigenvalue weighted by molar-refractivity contribution is -0.143. The molecule has 0 aromatic carbocycles.